The van der Waals surface area contributed by atoms with Crippen molar-refractivity contribution in [3.05, 3.63) is 428 Å². The number of H-pyrrole nitrogens is 1. The molecule has 0 amide bonds. The third-order valence-corrected chi connectivity index (χ3v) is 33.1. The second kappa shape index (κ2) is 37.7. The second-order valence-corrected chi connectivity index (χ2v) is 40.3. The van der Waals surface area contributed by atoms with Gasteiger partial charge >= 0.3 is 0 Å². The molecule has 4 aromatic heterocycles. The van der Waals surface area contributed by atoms with Crippen molar-refractivity contribution in [1.29, 1.82) is 0 Å². The molecule has 0 aliphatic heterocycles. The number of nitrogens with one attached hydrogen (secondary N) is 1. The highest BCUT2D eigenvalue weighted by atomic mass is 127. The van der Waals surface area contributed by atoms with Crippen molar-refractivity contribution in [2.45, 2.75) is 82.4 Å². The van der Waals surface area contributed by atoms with Gasteiger partial charge in [0, 0.05) is 87.7 Å². The van der Waals surface area contributed by atoms with Gasteiger partial charge in [-0.05, 0) is 249 Å². The molecule has 0 atom stereocenters. The largest absolute Gasteiger partial charge is 0.496 e. The van der Waals surface area contributed by atoms with E-state index in [0.717, 1.165) is 44.8 Å². The van der Waals surface area contributed by atoms with Gasteiger partial charge in [-0.15, -0.1) is 22.7 Å². The van der Waals surface area contributed by atoms with Gasteiger partial charge in [0.2, 0.25) is 0 Å². The van der Waals surface area contributed by atoms with Crippen molar-refractivity contribution in [2.75, 3.05) is 7.11 Å². The zero-order valence-corrected chi connectivity index (χ0v) is 77.2. The second-order valence-electron chi connectivity index (χ2n) is 34.2. The Kier molecular flexibility index (Phi) is 24.2. The maximum absolute atomic E-state index is 5.81. The predicted molar refractivity (Wildman–Crippen MR) is 572 cm³/mol. The Morgan fingerprint density at radius 2 is 0.636 bits per heavy atom. The molecule has 2 aliphatic carbocycles. The summed E-state index contributed by atoms with van der Waals surface area (Å²) in [7, 11) is 1.69. The molecule has 22 aromatic rings. The first-order valence-electron chi connectivity index (χ1n) is 45.5. The van der Waals surface area contributed by atoms with Gasteiger partial charge in [-0.3, -0.25) is 0 Å². The van der Waals surface area contributed by atoms with Gasteiger partial charge in [-0.1, -0.05) is 386 Å². The third kappa shape index (κ3) is 16.7. The zero-order valence-electron chi connectivity index (χ0n) is 72.6. The van der Waals surface area contributed by atoms with Gasteiger partial charge in [0.25, 0.3) is 0 Å². The molecule has 2 fully saturated rings. The van der Waals surface area contributed by atoms with Crippen molar-refractivity contribution in [2.24, 2.45) is 0 Å². The van der Waals surface area contributed by atoms with Crippen molar-refractivity contribution < 1.29 is 4.74 Å². The molecule has 0 radical (unpaired) electrons. The van der Waals surface area contributed by atoms with Crippen molar-refractivity contribution >= 4 is 186 Å². The topological polar surface area (TPSA) is 29.9 Å². The number of benzene rings is 18. The molecule has 2 saturated carbocycles. The number of rotatable bonds is 10. The molecule has 18 aromatic carbocycles. The summed E-state index contributed by atoms with van der Waals surface area (Å²) in [5, 5.41) is 21.9. The average molecular weight is 1830 g/mol. The fourth-order valence-corrected chi connectivity index (χ4v) is 27.4. The number of aromatic amines is 1. The van der Waals surface area contributed by atoms with E-state index in [1.807, 2.05) is 29.8 Å². The van der Waals surface area contributed by atoms with Gasteiger partial charge in [0.05, 0.1) is 18.1 Å². The number of hydrogen-bond donors (Lipinski definition) is 1. The maximum atomic E-state index is 5.81. The van der Waals surface area contributed by atoms with E-state index in [4.69, 9.17) is 4.74 Å². The van der Waals surface area contributed by atoms with E-state index in [1.165, 1.54) is 234 Å². The first kappa shape index (κ1) is 82.9. The Balaban J connectivity index is 0.000000110. The lowest BCUT2D eigenvalue weighted by molar-refractivity contribution is 0.416. The first-order valence-corrected chi connectivity index (χ1v) is 49.7. The minimum atomic E-state index is -0.122. The smallest absolute Gasteiger partial charge is 0.126 e. The summed E-state index contributed by atoms with van der Waals surface area (Å²) in [6.45, 7) is 2.23. The number of aryl methyl sites for hydroxylation is 1. The number of fused-ring (bicyclic) bond motifs is 20. The minimum absolute atomic E-state index is 0.122. The van der Waals surface area contributed by atoms with Crippen molar-refractivity contribution in [3.8, 4) is 67.1 Å². The molecular formula is C122H98IN2OPS2. The number of aromatic nitrogens is 2. The highest BCUT2D eigenvalue weighted by molar-refractivity contribution is 14.1. The van der Waals surface area contributed by atoms with Crippen LogP contribution >= 0.6 is 53.2 Å². The average Bonchev–Trinajstić information content (AvgIpc) is 1.54. The maximum Gasteiger partial charge on any atom is 0.126 e. The van der Waals surface area contributed by atoms with Crippen LogP contribution in [0.1, 0.15) is 69.8 Å². The first-order chi connectivity index (χ1) is 63.8. The minimum Gasteiger partial charge on any atom is -0.496 e. The van der Waals surface area contributed by atoms with Crippen molar-refractivity contribution in [3.63, 3.8) is 0 Å². The summed E-state index contributed by atoms with van der Waals surface area (Å²) in [6, 6.07) is 152. The highest BCUT2D eigenvalue weighted by Crippen LogP contribution is 2.57. The van der Waals surface area contributed by atoms with Crippen LogP contribution in [0.5, 0.6) is 5.75 Å². The summed E-state index contributed by atoms with van der Waals surface area (Å²) in [5.74, 6) is 1.02. The van der Waals surface area contributed by atoms with Gasteiger partial charge in [0.1, 0.15) is 5.75 Å². The lowest BCUT2D eigenvalue weighted by atomic mass is 9.97. The Morgan fingerprint density at radius 1 is 0.295 bits per heavy atom. The monoisotopic (exact) mass is 1830 g/mol. The van der Waals surface area contributed by atoms with Crippen LogP contribution in [0.3, 0.4) is 0 Å². The summed E-state index contributed by atoms with van der Waals surface area (Å²) in [4.78, 5) is 3.66. The molecule has 0 bridgehead atoms. The van der Waals surface area contributed by atoms with Gasteiger partial charge in [-0.2, -0.15) is 0 Å². The predicted octanol–water partition coefficient (Wildman–Crippen LogP) is 36.1. The lowest BCUT2D eigenvalue weighted by Gasteiger charge is -2.39. The summed E-state index contributed by atoms with van der Waals surface area (Å²) in [6.07, 6.45) is 14.4. The fraction of sp³-hybridized carbons (Fsp3) is 0.115. The fourth-order valence-electron chi connectivity index (χ4n) is 20.5. The Hall–Kier alpha value is -13.0. The molecule has 0 spiro atoms. The normalized spacial score (nSPS) is 13.1. The Labute approximate surface area is 777 Å². The van der Waals surface area contributed by atoms with Gasteiger partial charge < -0.3 is 14.3 Å². The molecule has 4 heterocycles. The molecule has 1 N–H and O–H groups in total. The molecule has 3 nitrogen and oxygen atoms in total. The van der Waals surface area contributed by atoms with Gasteiger partial charge in [-0.25, -0.2) is 0 Å². The van der Waals surface area contributed by atoms with Crippen LogP contribution in [-0.4, -0.2) is 28.0 Å². The van der Waals surface area contributed by atoms with Gasteiger partial charge in [0.15, 0.2) is 0 Å². The van der Waals surface area contributed by atoms with Crippen LogP contribution in [0, 0.1) is 10.5 Å². The molecular weight excluding hydrogens is 1730 g/mol. The summed E-state index contributed by atoms with van der Waals surface area (Å²) < 4.78 is 14.9. The zero-order chi connectivity index (χ0) is 86.5. The van der Waals surface area contributed by atoms with E-state index < -0.39 is 0 Å². The Bertz CT molecular complexity index is 7870. The van der Waals surface area contributed by atoms with E-state index in [9.17, 15) is 0 Å². The van der Waals surface area contributed by atoms with E-state index in [-0.39, 0.29) is 7.92 Å². The Morgan fingerprint density at radius 3 is 1.11 bits per heavy atom. The molecule has 0 saturated heterocycles. The number of thiophene rings is 2. The number of para-hydroxylation sites is 4. The number of ether oxygens (including phenoxy) is 1. The van der Waals surface area contributed by atoms with Crippen LogP contribution in [0.25, 0.3) is 188 Å². The molecule has 626 valence electrons. The van der Waals surface area contributed by atoms with Crippen LogP contribution in [0.15, 0.2) is 419 Å². The van der Waals surface area contributed by atoms with E-state index in [0.29, 0.717) is 0 Å². The molecule has 7 heteroatoms. The quantitative estimate of drug-likeness (QED) is 0.107. The third-order valence-electron chi connectivity index (χ3n) is 26.5. The number of nitrogens with zero attached hydrogens (tertiary/aromatic N) is 1. The van der Waals surface area contributed by atoms with Crippen molar-refractivity contribution in [1.82, 2.24) is 9.55 Å². The van der Waals surface area contributed by atoms with Crippen LogP contribution in [0.4, 0.5) is 0 Å². The van der Waals surface area contributed by atoms with Crippen LogP contribution in [-0.2, 0) is 0 Å². The molecule has 0 unspecified atom stereocenters. The standard InChI is InChI=1S/C48H31NS.C26H35OP.C24H15IS.C24H17N/c1-3-20-39-37(18-1)38-19-2-4-21-40(38)42-23-6-9-28-46(42)49(45-27-8-5-22-41(39)45)35-17-12-15-33(31-35)32-14-11-16-34(30-32)36-25-13-26-44-43-24-7-10-29-47(43)50-48(36)44;1-20-12-11-18-24(27-2)26(20)23-17-9-10-19-25(23)28(21-13-5-3-6-14-21)22-15-7-4-8-16-22;25-19-9-4-7-17(15-19)16-6-3-8-18(14-16)20-11-5-12-22-21-10-1-2-13-23(21)26-24(20)22;1-3-11-19-17(9-1)18-10-2-4-12-20(18)22-14-6-8-16-24(22)25-23-15-7-5-13-21(19)23/h1-31H;9-12,17-19,21-22H,3-8,13-16H2,1-2H3;1-15H;1-16,25H. The number of hydrogen-bond acceptors (Lipinski definition) is 3. The van der Waals surface area contributed by atoms with E-state index in [2.05, 4.69) is 458 Å². The number of methoxy groups -OCH3 is 1. The van der Waals surface area contributed by atoms with Crippen LogP contribution < -0.4 is 10.0 Å². The SMILES string of the molecule is COc1cccc(C)c1-c1ccccc1P(C1CCCCC1)C1CCCCC1.Ic1cccc(-c2cccc(-c3cccc4c3sc3ccccc34)c2)c1.c1cc(-c2cccc(-n3c4ccccc4c4ccccc4c4ccccc4c4ccccc43)c2)cc(-c2cccc3c2sc2ccccc23)c1.c1ccc2c(c1)[nH]c1ccccc1c1ccccc1c1ccccc21. The van der Waals surface area contributed by atoms with E-state index in [1.54, 1.807) is 5.30 Å². The van der Waals surface area contributed by atoms with Crippen LogP contribution in [0.2, 0.25) is 0 Å². The van der Waals surface area contributed by atoms with E-state index >= 15 is 0 Å². The number of halogens is 1. The highest BCUT2D eigenvalue weighted by Gasteiger charge is 2.34. The lowest BCUT2D eigenvalue weighted by Crippen LogP contribution is -2.27. The molecule has 2 aliphatic rings. The molecule has 129 heavy (non-hydrogen) atoms. The molecule has 24 rings (SSSR count). The summed E-state index contributed by atoms with van der Waals surface area (Å²) in [5.41, 5.74) is 21.6. The summed E-state index contributed by atoms with van der Waals surface area (Å²) >= 11 is 6.14.